The van der Waals surface area contributed by atoms with E-state index in [-0.39, 0.29) is 11.9 Å². The fourth-order valence-corrected chi connectivity index (χ4v) is 4.32. The van der Waals surface area contributed by atoms with Crippen molar-refractivity contribution in [3.8, 4) is 10.8 Å². The number of thiophene rings is 1. The van der Waals surface area contributed by atoms with Crippen molar-refractivity contribution >= 4 is 22.9 Å². The zero-order chi connectivity index (χ0) is 16.5. The van der Waals surface area contributed by atoms with Crippen molar-refractivity contribution in [2.45, 2.75) is 18.9 Å². The second kappa shape index (κ2) is 6.45. The summed E-state index contributed by atoms with van der Waals surface area (Å²) in [7, 11) is 0. The van der Waals surface area contributed by atoms with Crippen LogP contribution >= 0.6 is 11.3 Å². The number of nitrogens with one attached hydrogen (secondary N) is 1. The van der Waals surface area contributed by atoms with Gasteiger partial charge in [0.05, 0.1) is 10.6 Å². The van der Waals surface area contributed by atoms with Gasteiger partial charge >= 0.3 is 0 Å². The Hall–Kier alpha value is -2.05. The maximum Gasteiger partial charge on any atom is 0.261 e. The molecule has 6 heteroatoms. The second-order valence-electron chi connectivity index (χ2n) is 6.48. The molecule has 0 unspecified atom stereocenters. The Morgan fingerprint density at radius 2 is 2.00 bits per heavy atom. The molecule has 1 aromatic carbocycles. The van der Waals surface area contributed by atoms with Gasteiger partial charge in [-0.2, -0.15) is 0 Å². The third-order valence-corrected chi connectivity index (χ3v) is 5.87. The minimum atomic E-state index is -0.00497. The summed E-state index contributed by atoms with van der Waals surface area (Å²) in [5, 5.41) is 3.88. The first-order chi connectivity index (χ1) is 11.7. The van der Waals surface area contributed by atoms with Crippen molar-refractivity contribution in [1.82, 2.24) is 10.2 Å². The molecule has 3 aliphatic heterocycles. The standard InChI is InChI=1S/C18H21N3O2S/c19-13-3-1-2-4-15(13)23-17-6-5-16(24-17)18(22)20-14-11-21-9-7-12(14)8-10-21/h1-6,12,14H,7-11,19H2,(H,20,22)/t14-/m0/s1. The summed E-state index contributed by atoms with van der Waals surface area (Å²) in [5.41, 5.74) is 6.48. The van der Waals surface area contributed by atoms with E-state index in [1.54, 1.807) is 6.07 Å². The van der Waals surface area contributed by atoms with Crippen LogP contribution < -0.4 is 15.8 Å². The zero-order valence-corrected chi connectivity index (χ0v) is 14.2. The number of nitrogen functional groups attached to an aromatic ring is 1. The number of piperidine rings is 3. The first-order valence-corrected chi connectivity index (χ1v) is 9.16. The van der Waals surface area contributed by atoms with Gasteiger partial charge in [0.15, 0.2) is 10.8 Å². The Labute approximate surface area is 145 Å². The molecular weight excluding hydrogens is 322 g/mol. The topological polar surface area (TPSA) is 67.6 Å². The lowest BCUT2D eigenvalue weighted by atomic mass is 9.84. The van der Waals surface area contributed by atoms with E-state index < -0.39 is 0 Å². The van der Waals surface area contributed by atoms with Crippen molar-refractivity contribution in [2.75, 3.05) is 25.4 Å². The molecule has 2 aromatic rings. The van der Waals surface area contributed by atoms with Gasteiger partial charge in [0.1, 0.15) is 0 Å². The summed E-state index contributed by atoms with van der Waals surface area (Å²) in [6.45, 7) is 3.32. The maximum atomic E-state index is 12.5. The Morgan fingerprint density at radius 1 is 1.21 bits per heavy atom. The lowest BCUT2D eigenvalue weighted by Gasteiger charge is -2.44. The van der Waals surface area contributed by atoms with Crippen molar-refractivity contribution in [1.29, 1.82) is 0 Å². The molecule has 126 valence electrons. The highest BCUT2D eigenvalue weighted by atomic mass is 32.1. The smallest absolute Gasteiger partial charge is 0.261 e. The summed E-state index contributed by atoms with van der Waals surface area (Å²) < 4.78 is 5.78. The molecule has 0 spiro atoms. The number of hydrogen-bond acceptors (Lipinski definition) is 5. The molecular formula is C18H21N3O2S. The van der Waals surface area contributed by atoms with E-state index in [0.29, 0.717) is 27.3 Å². The summed E-state index contributed by atoms with van der Waals surface area (Å²) in [6.07, 6.45) is 2.38. The SMILES string of the molecule is Nc1ccccc1Oc1ccc(C(=O)N[C@H]2CN3CCC2CC3)s1. The van der Waals surface area contributed by atoms with E-state index in [2.05, 4.69) is 10.2 Å². The van der Waals surface area contributed by atoms with Crippen LogP contribution in [0.5, 0.6) is 10.8 Å². The van der Waals surface area contributed by atoms with E-state index in [1.807, 2.05) is 30.3 Å². The van der Waals surface area contributed by atoms with Crippen LogP contribution in [0, 0.1) is 5.92 Å². The molecule has 5 rings (SSSR count). The number of benzene rings is 1. The molecule has 1 aromatic heterocycles. The normalized spacial score (nSPS) is 25.4. The summed E-state index contributed by atoms with van der Waals surface area (Å²) in [6, 6.07) is 11.3. The van der Waals surface area contributed by atoms with Crippen LogP contribution in [0.1, 0.15) is 22.5 Å². The molecule has 3 aliphatic rings. The molecule has 1 atom stereocenters. The van der Waals surface area contributed by atoms with Crippen molar-refractivity contribution in [2.24, 2.45) is 5.92 Å². The average Bonchev–Trinajstić information content (AvgIpc) is 3.07. The minimum Gasteiger partial charge on any atom is -0.445 e. The highest BCUT2D eigenvalue weighted by molar-refractivity contribution is 7.15. The van der Waals surface area contributed by atoms with Gasteiger partial charge in [0, 0.05) is 12.6 Å². The molecule has 0 aliphatic carbocycles. The quantitative estimate of drug-likeness (QED) is 0.838. The van der Waals surface area contributed by atoms with Crippen LogP contribution in [-0.2, 0) is 0 Å². The van der Waals surface area contributed by atoms with Gasteiger partial charge in [-0.1, -0.05) is 23.5 Å². The van der Waals surface area contributed by atoms with Gasteiger partial charge in [0.25, 0.3) is 5.91 Å². The number of ether oxygens (including phenoxy) is 1. The Balaban J connectivity index is 1.41. The average molecular weight is 343 g/mol. The van der Waals surface area contributed by atoms with Crippen molar-refractivity contribution < 1.29 is 9.53 Å². The van der Waals surface area contributed by atoms with Crippen molar-refractivity contribution in [3.63, 3.8) is 0 Å². The molecule has 3 fully saturated rings. The van der Waals surface area contributed by atoms with E-state index in [1.165, 1.54) is 37.3 Å². The van der Waals surface area contributed by atoms with E-state index >= 15 is 0 Å². The molecule has 4 heterocycles. The highest BCUT2D eigenvalue weighted by Crippen LogP contribution is 2.33. The molecule has 1 amide bonds. The Bertz CT molecular complexity index is 737. The van der Waals surface area contributed by atoms with Crippen LogP contribution in [0.4, 0.5) is 5.69 Å². The van der Waals surface area contributed by atoms with Crippen LogP contribution in [0.2, 0.25) is 0 Å². The molecule has 2 bridgehead atoms. The summed E-state index contributed by atoms with van der Waals surface area (Å²) in [5.74, 6) is 1.23. The first kappa shape index (κ1) is 15.5. The van der Waals surface area contributed by atoms with Gasteiger partial charge in [-0.3, -0.25) is 4.79 Å². The molecule has 5 nitrogen and oxygen atoms in total. The Morgan fingerprint density at radius 3 is 2.71 bits per heavy atom. The fourth-order valence-electron chi connectivity index (χ4n) is 3.55. The number of anilines is 1. The van der Waals surface area contributed by atoms with Gasteiger partial charge in [0.2, 0.25) is 0 Å². The van der Waals surface area contributed by atoms with Gasteiger partial charge in [-0.25, -0.2) is 0 Å². The van der Waals surface area contributed by atoms with Gasteiger partial charge in [-0.05, 0) is 56.1 Å². The lowest BCUT2D eigenvalue weighted by molar-refractivity contribution is 0.0622. The molecule has 3 N–H and O–H groups in total. The first-order valence-electron chi connectivity index (χ1n) is 8.34. The largest absolute Gasteiger partial charge is 0.445 e. The third-order valence-electron chi connectivity index (χ3n) is 4.91. The molecule has 0 radical (unpaired) electrons. The number of nitrogens with zero attached hydrogens (tertiary/aromatic N) is 1. The van der Waals surface area contributed by atoms with E-state index in [4.69, 9.17) is 10.5 Å². The predicted octanol–water partition coefficient (Wildman–Crippen LogP) is 2.95. The van der Waals surface area contributed by atoms with Crippen LogP contribution in [-0.4, -0.2) is 36.5 Å². The maximum absolute atomic E-state index is 12.5. The number of para-hydroxylation sites is 2. The molecule has 0 saturated carbocycles. The number of carbonyl (C=O) groups excluding carboxylic acids is 1. The van der Waals surface area contributed by atoms with Crippen molar-refractivity contribution in [3.05, 3.63) is 41.3 Å². The number of carbonyl (C=O) groups is 1. The molecule has 3 saturated heterocycles. The predicted molar refractivity (Wildman–Crippen MR) is 95.7 cm³/mol. The van der Waals surface area contributed by atoms with E-state index in [9.17, 15) is 4.79 Å². The van der Waals surface area contributed by atoms with Crippen LogP contribution in [0.15, 0.2) is 36.4 Å². The Kier molecular flexibility index (Phi) is 4.16. The second-order valence-corrected chi connectivity index (χ2v) is 7.52. The number of hydrogen-bond donors (Lipinski definition) is 2. The molecule has 24 heavy (non-hydrogen) atoms. The monoisotopic (exact) mass is 343 g/mol. The lowest BCUT2D eigenvalue weighted by Crippen LogP contribution is -2.57. The number of nitrogens with two attached hydrogens (primary N) is 1. The number of fused-ring (bicyclic) bond motifs is 3. The summed E-state index contributed by atoms with van der Waals surface area (Å²) >= 11 is 1.35. The van der Waals surface area contributed by atoms with Gasteiger partial charge < -0.3 is 20.7 Å². The minimum absolute atomic E-state index is 0.00497. The van der Waals surface area contributed by atoms with E-state index in [0.717, 1.165) is 6.54 Å². The zero-order valence-electron chi connectivity index (χ0n) is 13.4. The summed E-state index contributed by atoms with van der Waals surface area (Å²) in [4.78, 5) is 15.6. The number of amides is 1. The van der Waals surface area contributed by atoms with Gasteiger partial charge in [-0.15, -0.1) is 0 Å². The number of rotatable bonds is 4. The van der Waals surface area contributed by atoms with Crippen LogP contribution in [0.3, 0.4) is 0 Å². The fraction of sp³-hybridized carbons (Fsp3) is 0.389. The van der Waals surface area contributed by atoms with Crippen LogP contribution in [0.25, 0.3) is 0 Å². The highest BCUT2D eigenvalue weighted by Gasteiger charge is 2.35. The third kappa shape index (κ3) is 3.12.